The van der Waals surface area contributed by atoms with Crippen LogP contribution in [-0.2, 0) is 5.54 Å². The summed E-state index contributed by atoms with van der Waals surface area (Å²) >= 11 is -0.0723. The van der Waals surface area contributed by atoms with Gasteiger partial charge in [-0.15, -0.1) is 0 Å². The van der Waals surface area contributed by atoms with Crippen LogP contribution in [0.5, 0.6) is 0 Å². The fourth-order valence-electron chi connectivity index (χ4n) is 1.78. The number of hydrogen-bond acceptors (Lipinski definition) is 2. The maximum Gasteiger partial charge on any atom is 0.446 e. The zero-order valence-corrected chi connectivity index (χ0v) is 9.58. The zero-order valence-electron chi connectivity index (χ0n) is 8.77. The molecule has 0 aliphatic heterocycles. The maximum absolute atomic E-state index is 12.1. The average Bonchev–Trinajstić information content (AvgIpc) is 2.97. The molecule has 1 fully saturated rings. The van der Waals surface area contributed by atoms with Gasteiger partial charge in [0.15, 0.2) is 0 Å². The summed E-state index contributed by atoms with van der Waals surface area (Å²) in [7, 11) is 1.88. The van der Waals surface area contributed by atoms with Gasteiger partial charge in [0.1, 0.15) is 0 Å². The van der Waals surface area contributed by atoms with Crippen LogP contribution in [-0.4, -0.2) is 12.6 Å². The molecule has 2 rings (SSSR count). The Morgan fingerprint density at radius 1 is 1.19 bits per heavy atom. The largest absolute Gasteiger partial charge is 0.446 e. The number of nitrogens with one attached hydrogen (secondary N) is 1. The highest BCUT2D eigenvalue weighted by atomic mass is 32.2. The molecule has 0 bridgehead atoms. The van der Waals surface area contributed by atoms with Gasteiger partial charge in [0.2, 0.25) is 0 Å². The highest BCUT2D eigenvalue weighted by molar-refractivity contribution is 8.00. The van der Waals surface area contributed by atoms with E-state index in [1.807, 2.05) is 7.05 Å². The molecule has 1 nitrogen and oxygen atoms in total. The lowest BCUT2D eigenvalue weighted by Gasteiger charge is -2.15. The van der Waals surface area contributed by atoms with Gasteiger partial charge < -0.3 is 5.32 Å². The highest BCUT2D eigenvalue weighted by Crippen LogP contribution is 2.46. The first-order valence-corrected chi connectivity index (χ1v) is 5.82. The standard InChI is InChI=1S/C11H12F3NS/c1-15-10(6-7-10)8-2-4-9(5-3-8)16-11(12,13)14/h2-5,15H,6-7H2,1H3. The predicted molar refractivity (Wildman–Crippen MR) is 58.3 cm³/mol. The van der Waals surface area contributed by atoms with Crippen molar-refractivity contribution in [1.29, 1.82) is 0 Å². The van der Waals surface area contributed by atoms with Crippen LogP contribution >= 0.6 is 11.8 Å². The lowest BCUT2D eigenvalue weighted by atomic mass is 10.1. The summed E-state index contributed by atoms with van der Waals surface area (Å²) in [6.45, 7) is 0. The van der Waals surface area contributed by atoms with Crippen molar-refractivity contribution in [1.82, 2.24) is 5.32 Å². The molecule has 0 radical (unpaired) electrons. The van der Waals surface area contributed by atoms with E-state index in [9.17, 15) is 13.2 Å². The average molecular weight is 247 g/mol. The maximum atomic E-state index is 12.1. The van der Waals surface area contributed by atoms with Gasteiger partial charge >= 0.3 is 5.51 Å². The molecule has 0 aromatic heterocycles. The second kappa shape index (κ2) is 3.96. The Bertz CT molecular complexity index is 368. The first-order valence-electron chi connectivity index (χ1n) is 5.00. The molecule has 1 aromatic carbocycles. The Kier molecular flexibility index (Phi) is 2.92. The van der Waals surface area contributed by atoms with Gasteiger partial charge in [0.25, 0.3) is 0 Å². The van der Waals surface area contributed by atoms with Crippen molar-refractivity contribution in [2.24, 2.45) is 0 Å². The second-order valence-electron chi connectivity index (χ2n) is 3.90. The van der Waals surface area contributed by atoms with Crippen LogP contribution in [0.3, 0.4) is 0 Å². The Morgan fingerprint density at radius 2 is 1.75 bits per heavy atom. The quantitative estimate of drug-likeness (QED) is 0.820. The summed E-state index contributed by atoms with van der Waals surface area (Å²) in [4.78, 5) is 0.239. The molecule has 1 aliphatic rings. The molecule has 0 unspecified atom stereocenters. The third-order valence-electron chi connectivity index (χ3n) is 2.87. The minimum absolute atomic E-state index is 0.0153. The van der Waals surface area contributed by atoms with Crippen LogP contribution < -0.4 is 5.32 Å². The summed E-state index contributed by atoms with van der Waals surface area (Å²) in [5, 5.41) is 3.21. The van der Waals surface area contributed by atoms with Gasteiger partial charge in [-0.05, 0) is 49.3 Å². The molecular formula is C11H12F3NS. The van der Waals surface area contributed by atoms with E-state index < -0.39 is 5.51 Å². The molecular weight excluding hydrogens is 235 g/mol. The molecule has 0 amide bonds. The molecule has 88 valence electrons. The first-order chi connectivity index (χ1) is 7.45. The van der Waals surface area contributed by atoms with Crippen LogP contribution in [0.4, 0.5) is 13.2 Å². The Labute approximate surface area is 96.4 Å². The molecule has 5 heteroatoms. The third kappa shape index (κ3) is 2.52. The number of hydrogen-bond donors (Lipinski definition) is 1. The minimum Gasteiger partial charge on any atom is -0.310 e. The first kappa shape index (κ1) is 11.8. The number of thioether (sulfide) groups is 1. The van der Waals surface area contributed by atoms with Crippen molar-refractivity contribution in [3.05, 3.63) is 29.8 Å². The van der Waals surface area contributed by atoms with E-state index in [2.05, 4.69) is 5.32 Å². The summed E-state index contributed by atoms with van der Waals surface area (Å²) in [6.07, 6.45) is 2.10. The molecule has 0 saturated heterocycles. The molecule has 1 aromatic rings. The lowest BCUT2D eigenvalue weighted by Crippen LogP contribution is -2.24. The van der Waals surface area contributed by atoms with Gasteiger partial charge in [-0.1, -0.05) is 12.1 Å². The summed E-state index contributed by atoms with van der Waals surface area (Å²) in [6, 6.07) is 6.62. The summed E-state index contributed by atoms with van der Waals surface area (Å²) in [5.41, 5.74) is -3.12. The molecule has 0 atom stereocenters. The zero-order chi connectivity index (χ0) is 11.8. The van der Waals surface area contributed by atoms with Gasteiger partial charge in [-0.25, -0.2) is 0 Å². The van der Waals surface area contributed by atoms with Gasteiger partial charge in [0.05, 0.1) is 0 Å². The Balaban J connectivity index is 2.11. The van der Waals surface area contributed by atoms with E-state index in [0.717, 1.165) is 18.4 Å². The molecule has 0 spiro atoms. The SMILES string of the molecule is CNC1(c2ccc(SC(F)(F)F)cc2)CC1. The molecule has 1 aliphatic carbocycles. The van der Waals surface area contributed by atoms with Crippen LogP contribution in [0.25, 0.3) is 0 Å². The molecule has 16 heavy (non-hydrogen) atoms. The topological polar surface area (TPSA) is 12.0 Å². The smallest absolute Gasteiger partial charge is 0.310 e. The van der Waals surface area contributed by atoms with E-state index in [0.29, 0.717) is 0 Å². The Hall–Kier alpha value is -0.680. The van der Waals surface area contributed by atoms with Gasteiger partial charge in [-0.2, -0.15) is 13.2 Å². The van der Waals surface area contributed by atoms with E-state index in [1.165, 1.54) is 12.1 Å². The summed E-state index contributed by atoms with van der Waals surface area (Å²) < 4.78 is 36.3. The van der Waals surface area contributed by atoms with Crippen LogP contribution in [0.1, 0.15) is 18.4 Å². The fraction of sp³-hybridized carbons (Fsp3) is 0.455. The monoisotopic (exact) mass is 247 g/mol. The van der Waals surface area contributed by atoms with Gasteiger partial charge in [-0.3, -0.25) is 0 Å². The predicted octanol–water partition coefficient (Wildman–Crippen LogP) is 3.51. The number of halogens is 3. The second-order valence-corrected chi connectivity index (χ2v) is 5.04. The van der Waals surface area contributed by atoms with Crippen molar-refractivity contribution < 1.29 is 13.2 Å². The van der Waals surface area contributed by atoms with Crippen molar-refractivity contribution in [3.8, 4) is 0 Å². The summed E-state index contributed by atoms with van der Waals surface area (Å²) in [5.74, 6) is 0. The molecule has 1 N–H and O–H groups in total. The van der Waals surface area contributed by atoms with Crippen LogP contribution in [0.15, 0.2) is 29.2 Å². The van der Waals surface area contributed by atoms with Crippen molar-refractivity contribution in [2.75, 3.05) is 7.05 Å². The van der Waals surface area contributed by atoms with Crippen molar-refractivity contribution >= 4 is 11.8 Å². The molecule has 0 heterocycles. The number of rotatable bonds is 3. The normalized spacial score (nSPS) is 18.5. The van der Waals surface area contributed by atoms with Gasteiger partial charge in [0, 0.05) is 10.4 Å². The highest BCUT2D eigenvalue weighted by Gasteiger charge is 2.42. The van der Waals surface area contributed by atoms with Crippen molar-refractivity contribution in [2.45, 2.75) is 28.8 Å². The number of benzene rings is 1. The third-order valence-corrected chi connectivity index (χ3v) is 3.61. The van der Waals surface area contributed by atoms with E-state index in [4.69, 9.17) is 0 Å². The van der Waals surface area contributed by atoms with Crippen molar-refractivity contribution in [3.63, 3.8) is 0 Å². The van der Waals surface area contributed by atoms with E-state index in [1.54, 1.807) is 12.1 Å². The lowest BCUT2D eigenvalue weighted by molar-refractivity contribution is -0.0328. The van der Waals surface area contributed by atoms with E-state index >= 15 is 0 Å². The Morgan fingerprint density at radius 3 is 2.12 bits per heavy atom. The molecule has 1 saturated carbocycles. The van der Waals surface area contributed by atoms with E-state index in [-0.39, 0.29) is 22.2 Å². The van der Waals surface area contributed by atoms with Crippen LogP contribution in [0, 0.1) is 0 Å². The number of alkyl halides is 3. The van der Waals surface area contributed by atoms with Crippen LogP contribution in [0.2, 0.25) is 0 Å². The minimum atomic E-state index is -4.21. The fourth-order valence-corrected chi connectivity index (χ4v) is 2.32.